The molecular weight excluding hydrogens is 532 g/mol. The second-order valence-corrected chi connectivity index (χ2v) is 13.3. The Morgan fingerprint density at radius 1 is 1.21 bits per heavy atom. The molecule has 39 heavy (non-hydrogen) atoms. The van der Waals surface area contributed by atoms with Gasteiger partial charge in [0.05, 0.1) is 29.7 Å². The second kappa shape index (κ2) is 11.8. The monoisotopic (exact) mass is 570 g/mol. The van der Waals surface area contributed by atoms with Crippen LogP contribution in [-0.4, -0.2) is 62.2 Å². The molecular formula is C29H38N4O4S2. The lowest BCUT2D eigenvalue weighted by atomic mass is 9.79. The first-order chi connectivity index (χ1) is 18.2. The number of sulfonamides is 1. The molecule has 2 N–H and O–H groups in total. The van der Waals surface area contributed by atoms with Crippen molar-refractivity contribution in [2.24, 2.45) is 0 Å². The fraction of sp³-hybridized carbons (Fsp3) is 0.517. The molecule has 1 unspecified atom stereocenters. The van der Waals surface area contributed by atoms with E-state index in [1.807, 2.05) is 24.5 Å². The number of piperidine rings is 1. The Morgan fingerprint density at radius 3 is 2.67 bits per heavy atom. The third-order valence-electron chi connectivity index (χ3n) is 7.97. The first-order valence-corrected chi connectivity index (χ1v) is 16.3. The van der Waals surface area contributed by atoms with Gasteiger partial charge in [-0.1, -0.05) is 13.5 Å². The molecule has 2 atom stereocenters. The fourth-order valence-corrected chi connectivity index (χ4v) is 7.06. The largest absolute Gasteiger partial charge is 0.487 e. The van der Waals surface area contributed by atoms with E-state index in [2.05, 4.69) is 27.1 Å². The number of hydrogen-bond acceptors (Lipinski definition) is 7. The molecule has 2 aromatic rings. The van der Waals surface area contributed by atoms with Crippen molar-refractivity contribution in [1.82, 2.24) is 10.2 Å². The van der Waals surface area contributed by atoms with Gasteiger partial charge in [0.2, 0.25) is 15.9 Å². The number of carbonyl (C=O) groups is 1. The van der Waals surface area contributed by atoms with E-state index in [4.69, 9.17) is 4.74 Å². The second-order valence-electron chi connectivity index (χ2n) is 10.7. The van der Waals surface area contributed by atoms with Crippen LogP contribution in [-0.2, 0) is 27.7 Å². The van der Waals surface area contributed by atoms with Gasteiger partial charge in [0.1, 0.15) is 11.4 Å². The number of anilines is 1. The van der Waals surface area contributed by atoms with E-state index in [-0.39, 0.29) is 25.0 Å². The van der Waals surface area contributed by atoms with Crippen LogP contribution < -0.4 is 14.8 Å². The highest BCUT2D eigenvalue weighted by atomic mass is 32.2. The van der Waals surface area contributed by atoms with Gasteiger partial charge in [0.25, 0.3) is 0 Å². The van der Waals surface area contributed by atoms with Crippen LogP contribution in [0.4, 0.5) is 5.69 Å². The number of aryl methyl sites for hydroxylation is 1. The van der Waals surface area contributed by atoms with Crippen molar-refractivity contribution < 1.29 is 17.9 Å². The number of fused-ring (bicyclic) bond motifs is 2. The maximum Gasteiger partial charge on any atom is 0.230 e. The van der Waals surface area contributed by atoms with Crippen molar-refractivity contribution in [2.45, 2.75) is 63.6 Å². The Labute approximate surface area is 236 Å². The fourth-order valence-electron chi connectivity index (χ4n) is 6.16. The van der Waals surface area contributed by atoms with Gasteiger partial charge in [-0.15, -0.1) is 0 Å². The summed E-state index contributed by atoms with van der Waals surface area (Å²) in [5.74, 6) is 1.04. The SMILES string of the molecule is C.CSCC(=O)N[C@H]1CC2(CCN(C3CCc4cc(C#N)ccc4C3)CC2)Oc2ccc(NS(C)(=O)=O)cc21. The number of carbonyl (C=O) groups excluding carboxylic acids is 1. The van der Waals surface area contributed by atoms with Crippen LogP contribution >= 0.6 is 11.8 Å². The molecule has 210 valence electrons. The number of nitriles is 1. The van der Waals surface area contributed by atoms with Crippen molar-refractivity contribution in [3.63, 3.8) is 0 Å². The highest BCUT2D eigenvalue weighted by Crippen LogP contribution is 2.46. The lowest BCUT2D eigenvalue weighted by Crippen LogP contribution is -2.54. The van der Waals surface area contributed by atoms with E-state index < -0.39 is 10.0 Å². The number of amides is 1. The lowest BCUT2D eigenvalue weighted by molar-refractivity contribution is -0.120. The summed E-state index contributed by atoms with van der Waals surface area (Å²) in [7, 11) is -3.42. The highest BCUT2D eigenvalue weighted by molar-refractivity contribution is 7.99. The number of likely N-dealkylation sites (tertiary alicyclic amines) is 1. The standard InChI is InChI=1S/C28H34N4O4S2.CH4/c1-37-18-27(33)30-25-16-28(36-26-8-6-22(15-24(25)26)31-38(2,34)35)9-11-32(12-10-28)23-7-5-20-13-19(17-29)3-4-21(20)14-23;/h3-4,6,8,13,15,23,25,31H,5,7,9-12,14,16,18H2,1-2H3,(H,30,33);1H4/t23?,25-;/m0./s1. The minimum Gasteiger partial charge on any atom is -0.487 e. The first kappa shape index (κ1) is 29.2. The molecule has 1 amide bonds. The molecule has 0 bridgehead atoms. The zero-order chi connectivity index (χ0) is 26.9. The van der Waals surface area contributed by atoms with Crippen molar-refractivity contribution >= 4 is 33.4 Å². The Hall–Kier alpha value is -2.74. The van der Waals surface area contributed by atoms with E-state index in [0.29, 0.717) is 29.7 Å². The molecule has 0 radical (unpaired) electrons. The molecule has 1 fully saturated rings. The van der Waals surface area contributed by atoms with Crippen LogP contribution in [0.2, 0.25) is 0 Å². The van der Waals surface area contributed by atoms with Gasteiger partial charge < -0.3 is 10.1 Å². The van der Waals surface area contributed by atoms with Gasteiger partial charge in [0, 0.05) is 36.8 Å². The zero-order valence-electron chi connectivity index (χ0n) is 21.8. The van der Waals surface area contributed by atoms with Gasteiger partial charge in [-0.2, -0.15) is 17.0 Å². The van der Waals surface area contributed by atoms with Gasteiger partial charge in [-0.3, -0.25) is 14.4 Å². The van der Waals surface area contributed by atoms with Gasteiger partial charge in [0.15, 0.2) is 0 Å². The summed E-state index contributed by atoms with van der Waals surface area (Å²) in [4.78, 5) is 15.2. The maximum atomic E-state index is 12.6. The van der Waals surface area contributed by atoms with Gasteiger partial charge in [-0.25, -0.2) is 8.42 Å². The predicted molar refractivity (Wildman–Crippen MR) is 157 cm³/mol. The van der Waals surface area contributed by atoms with E-state index in [0.717, 1.165) is 62.6 Å². The molecule has 0 aromatic heterocycles. The summed E-state index contributed by atoms with van der Waals surface area (Å²) < 4.78 is 32.7. The number of hydrogen-bond donors (Lipinski definition) is 2. The molecule has 2 heterocycles. The third-order valence-corrected chi connectivity index (χ3v) is 9.12. The van der Waals surface area contributed by atoms with Crippen LogP contribution in [0, 0.1) is 11.3 Å². The van der Waals surface area contributed by atoms with Crippen LogP contribution in [0.25, 0.3) is 0 Å². The molecule has 1 aliphatic carbocycles. The van der Waals surface area contributed by atoms with Crippen molar-refractivity contribution in [3.05, 3.63) is 58.7 Å². The molecule has 5 rings (SSSR count). The number of ether oxygens (including phenoxy) is 1. The number of benzene rings is 2. The Morgan fingerprint density at radius 2 is 1.97 bits per heavy atom. The lowest BCUT2D eigenvalue weighted by Gasteiger charge is -2.49. The maximum absolute atomic E-state index is 12.6. The van der Waals surface area contributed by atoms with Gasteiger partial charge in [-0.05, 0) is 79.8 Å². The van der Waals surface area contributed by atoms with E-state index in [1.165, 1.54) is 22.9 Å². The summed E-state index contributed by atoms with van der Waals surface area (Å²) in [6.45, 7) is 1.84. The van der Waals surface area contributed by atoms with Crippen molar-refractivity contribution in [2.75, 3.05) is 36.1 Å². The van der Waals surface area contributed by atoms with Crippen LogP contribution in [0.3, 0.4) is 0 Å². The molecule has 2 aromatic carbocycles. The summed E-state index contributed by atoms with van der Waals surface area (Å²) in [6.07, 6.45) is 8.48. The Kier molecular flexibility index (Phi) is 8.84. The smallest absolute Gasteiger partial charge is 0.230 e. The van der Waals surface area contributed by atoms with E-state index in [9.17, 15) is 18.5 Å². The molecule has 1 spiro atoms. The Balaban J connectivity index is 0.00000353. The van der Waals surface area contributed by atoms with Gasteiger partial charge >= 0.3 is 0 Å². The number of nitrogens with one attached hydrogen (secondary N) is 2. The predicted octanol–water partition coefficient (Wildman–Crippen LogP) is 4.26. The molecule has 10 heteroatoms. The first-order valence-electron chi connectivity index (χ1n) is 13.0. The third kappa shape index (κ3) is 6.71. The molecule has 2 aliphatic heterocycles. The highest BCUT2D eigenvalue weighted by Gasteiger charge is 2.45. The summed E-state index contributed by atoms with van der Waals surface area (Å²) in [5.41, 5.74) is 4.27. The Bertz CT molecular complexity index is 1360. The minimum atomic E-state index is -3.42. The summed E-state index contributed by atoms with van der Waals surface area (Å²) in [6, 6.07) is 13.8. The average molecular weight is 571 g/mol. The quantitative estimate of drug-likeness (QED) is 0.534. The van der Waals surface area contributed by atoms with Crippen LogP contribution in [0.5, 0.6) is 5.75 Å². The number of nitrogens with zero attached hydrogens (tertiary/aromatic N) is 2. The van der Waals surface area contributed by atoms with Crippen molar-refractivity contribution in [3.8, 4) is 11.8 Å². The average Bonchev–Trinajstić information content (AvgIpc) is 2.88. The van der Waals surface area contributed by atoms with Crippen molar-refractivity contribution in [1.29, 1.82) is 5.26 Å². The molecule has 3 aliphatic rings. The molecule has 0 saturated carbocycles. The molecule has 1 saturated heterocycles. The summed E-state index contributed by atoms with van der Waals surface area (Å²) in [5, 5.41) is 12.4. The zero-order valence-corrected chi connectivity index (χ0v) is 23.5. The summed E-state index contributed by atoms with van der Waals surface area (Å²) >= 11 is 1.47. The van der Waals surface area contributed by atoms with Crippen LogP contribution in [0.15, 0.2) is 36.4 Å². The normalized spacial score (nSPS) is 21.9. The minimum absolute atomic E-state index is 0. The van der Waals surface area contributed by atoms with E-state index in [1.54, 1.807) is 12.1 Å². The molecule has 8 nitrogen and oxygen atoms in total. The van der Waals surface area contributed by atoms with E-state index >= 15 is 0 Å². The topological polar surface area (TPSA) is 112 Å². The number of rotatable bonds is 6. The number of thioether (sulfide) groups is 1. The van der Waals surface area contributed by atoms with Crippen LogP contribution in [0.1, 0.15) is 61.4 Å².